The van der Waals surface area contributed by atoms with Crippen LogP contribution in [0.25, 0.3) is 10.2 Å². The van der Waals surface area contributed by atoms with Crippen LogP contribution in [0.4, 0.5) is 5.13 Å². The summed E-state index contributed by atoms with van der Waals surface area (Å²) < 4.78 is 28.5. The zero-order chi connectivity index (χ0) is 21.1. The number of fused-ring (bicyclic) bond motifs is 1. The van der Waals surface area contributed by atoms with Crippen molar-refractivity contribution in [2.45, 2.75) is 24.2 Å². The standard InChI is InChI=1S/C21H23N3O4S2/c25-13-10-15-8-11-24(12-9-15)30(27,28)17-5-3-4-16(14-17)20(26)23-21-22-18-6-1-2-7-19(18)29-21/h1-7,14-15,25H,8-13H2,(H,22,23,26). The van der Waals surface area contributed by atoms with Crippen LogP contribution in [0, 0.1) is 5.92 Å². The Morgan fingerprint density at radius 2 is 1.93 bits per heavy atom. The molecule has 2 heterocycles. The number of benzene rings is 2. The van der Waals surface area contributed by atoms with Crippen molar-refractivity contribution in [1.82, 2.24) is 9.29 Å². The number of hydrogen-bond donors (Lipinski definition) is 2. The second kappa shape index (κ2) is 8.81. The summed E-state index contributed by atoms with van der Waals surface area (Å²) in [5.74, 6) is -0.0415. The molecule has 0 radical (unpaired) electrons. The van der Waals surface area contributed by atoms with Crippen molar-refractivity contribution in [3.63, 3.8) is 0 Å². The van der Waals surface area contributed by atoms with E-state index in [0.717, 1.165) is 23.1 Å². The van der Waals surface area contributed by atoms with Gasteiger partial charge in [-0.25, -0.2) is 13.4 Å². The molecule has 1 fully saturated rings. The molecule has 0 saturated carbocycles. The number of nitrogens with zero attached hydrogens (tertiary/aromatic N) is 2. The molecule has 158 valence electrons. The lowest BCUT2D eigenvalue weighted by atomic mass is 9.95. The Labute approximate surface area is 179 Å². The van der Waals surface area contributed by atoms with Crippen molar-refractivity contribution in [3.05, 3.63) is 54.1 Å². The number of carbonyl (C=O) groups is 1. The van der Waals surface area contributed by atoms with Gasteiger partial charge in [0, 0.05) is 25.3 Å². The van der Waals surface area contributed by atoms with Crippen molar-refractivity contribution in [3.8, 4) is 0 Å². The smallest absolute Gasteiger partial charge is 0.257 e. The molecule has 9 heteroatoms. The highest BCUT2D eigenvalue weighted by Gasteiger charge is 2.29. The first-order chi connectivity index (χ1) is 14.5. The Morgan fingerprint density at radius 1 is 1.17 bits per heavy atom. The van der Waals surface area contributed by atoms with Crippen molar-refractivity contribution in [2.75, 3.05) is 25.0 Å². The van der Waals surface area contributed by atoms with Crippen LogP contribution >= 0.6 is 11.3 Å². The Kier molecular flexibility index (Phi) is 6.14. The Hall–Kier alpha value is -2.33. The van der Waals surface area contributed by atoms with Crippen LogP contribution in [0.3, 0.4) is 0 Å². The average molecular weight is 446 g/mol. The van der Waals surface area contributed by atoms with Gasteiger partial charge in [0.2, 0.25) is 10.0 Å². The SMILES string of the molecule is O=C(Nc1nc2ccccc2s1)c1cccc(S(=O)(=O)N2CCC(CCO)CC2)c1. The van der Waals surface area contributed by atoms with Crippen LogP contribution in [0.15, 0.2) is 53.4 Å². The van der Waals surface area contributed by atoms with Gasteiger partial charge in [-0.1, -0.05) is 29.5 Å². The van der Waals surface area contributed by atoms with E-state index in [9.17, 15) is 13.2 Å². The second-order valence-corrected chi connectivity index (χ2v) is 10.3. The number of sulfonamides is 1. The summed E-state index contributed by atoms with van der Waals surface area (Å²) in [5.41, 5.74) is 1.07. The molecule has 1 aliphatic rings. The normalized spacial score (nSPS) is 16.0. The number of aliphatic hydroxyl groups excluding tert-OH is 1. The monoisotopic (exact) mass is 445 g/mol. The number of para-hydroxylation sites is 1. The van der Waals surface area contributed by atoms with Crippen molar-refractivity contribution in [1.29, 1.82) is 0 Å². The number of amides is 1. The van der Waals surface area contributed by atoms with E-state index < -0.39 is 15.9 Å². The number of nitrogens with one attached hydrogen (secondary N) is 1. The highest BCUT2D eigenvalue weighted by molar-refractivity contribution is 7.89. The molecule has 4 rings (SSSR count). The van der Waals surface area contributed by atoms with Gasteiger partial charge in [0.05, 0.1) is 15.1 Å². The van der Waals surface area contributed by atoms with E-state index in [1.54, 1.807) is 12.1 Å². The largest absolute Gasteiger partial charge is 0.396 e. The summed E-state index contributed by atoms with van der Waals surface area (Å²) >= 11 is 1.37. The molecule has 3 aromatic rings. The Balaban J connectivity index is 1.49. The third-order valence-electron chi connectivity index (χ3n) is 5.36. The first-order valence-corrected chi connectivity index (χ1v) is 12.1. The number of thiazole rings is 1. The average Bonchev–Trinajstić information content (AvgIpc) is 3.17. The lowest BCUT2D eigenvalue weighted by Crippen LogP contribution is -2.38. The van der Waals surface area contributed by atoms with Crippen LogP contribution in [0.1, 0.15) is 29.6 Å². The molecule has 0 spiro atoms. The number of rotatable bonds is 6. The molecular formula is C21H23N3O4S2. The Morgan fingerprint density at radius 3 is 2.67 bits per heavy atom. The minimum atomic E-state index is -3.67. The van der Waals surface area contributed by atoms with E-state index in [1.807, 2.05) is 24.3 Å². The summed E-state index contributed by atoms with van der Waals surface area (Å²) in [4.78, 5) is 17.2. The molecule has 7 nitrogen and oxygen atoms in total. The predicted molar refractivity (Wildman–Crippen MR) is 117 cm³/mol. The van der Waals surface area contributed by atoms with Gasteiger partial charge in [-0.05, 0) is 55.5 Å². The topological polar surface area (TPSA) is 99.6 Å². The zero-order valence-corrected chi connectivity index (χ0v) is 18.0. The molecule has 0 aliphatic carbocycles. The summed E-state index contributed by atoms with van der Waals surface area (Å²) in [6.07, 6.45) is 2.17. The molecule has 1 saturated heterocycles. The number of anilines is 1. The van der Waals surface area contributed by atoms with E-state index in [2.05, 4.69) is 10.3 Å². The van der Waals surface area contributed by atoms with E-state index >= 15 is 0 Å². The lowest BCUT2D eigenvalue weighted by Gasteiger charge is -2.31. The maximum Gasteiger partial charge on any atom is 0.257 e. The minimum absolute atomic E-state index is 0.111. The van der Waals surface area contributed by atoms with E-state index in [0.29, 0.717) is 30.6 Å². The fraction of sp³-hybridized carbons (Fsp3) is 0.333. The van der Waals surface area contributed by atoms with Gasteiger partial charge in [-0.3, -0.25) is 10.1 Å². The van der Waals surface area contributed by atoms with E-state index in [4.69, 9.17) is 5.11 Å². The van der Waals surface area contributed by atoms with Gasteiger partial charge in [-0.2, -0.15) is 4.31 Å². The van der Waals surface area contributed by atoms with Crippen LogP contribution in [0.5, 0.6) is 0 Å². The summed E-state index contributed by atoms with van der Waals surface area (Å²) in [6.45, 7) is 0.980. The summed E-state index contributed by atoms with van der Waals surface area (Å²) in [7, 11) is -3.67. The van der Waals surface area contributed by atoms with Crippen LogP contribution < -0.4 is 5.32 Å². The second-order valence-electron chi connectivity index (χ2n) is 7.33. The maximum atomic E-state index is 13.0. The molecule has 1 aliphatic heterocycles. The zero-order valence-electron chi connectivity index (χ0n) is 16.3. The highest BCUT2D eigenvalue weighted by atomic mass is 32.2. The van der Waals surface area contributed by atoms with Gasteiger partial charge < -0.3 is 5.11 Å². The van der Waals surface area contributed by atoms with Gasteiger partial charge >= 0.3 is 0 Å². The number of piperidine rings is 1. The first kappa shape index (κ1) is 20.9. The Bertz CT molecular complexity index is 1120. The van der Waals surface area contributed by atoms with Gasteiger partial charge in [-0.15, -0.1) is 0 Å². The van der Waals surface area contributed by atoms with Gasteiger partial charge in [0.25, 0.3) is 5.91 Å². The maximum absolute atomic E-state index is 13.0. The van der Waals surface area contributed by atoms with Crippen molar-refractivity contribution in [2.24, 2.45) is 5.92 Å². The van der Waals surface area contributed by atoms with E-state index in [1.165, 1.54) is 27.8 Å². The number of aliphatic hydroxyl groups is 1. The van der Waals surface area contributed by atoms with Crippen molar-refractivity contribution < 1.29 is 18.3 Å². The molecule has 30 heavy (non-hydrogen) atoms. The van der Waals surface area contributed by atoms with Crippen LogP contribution in [0.2, 0.25) is 0 Å². The van der Waals surface area contributed by atoms with E-state index in [-0.39, 0.29) is 17.1 Å². The summed E-state index contributed by atoms with van der Waals surface area (Å²) in [6, 6.07) is 13.7. The fourth-order valence-corrected chi connectivity index (χ4v) is 6.04. The quantitative estimate of drug-likeness (QED) is 0.606. The van der Waals surface area contributed by atoms with Crippen LogP contribution in [-0.4, -0.2) is 48.4 Å². The molecule has 2 N–H and O–H groups in total. The molecule has 0 bridgehead atoms. The summed E-state index contributed by atoms with van der Waals surface area (Å²) in [5, 5.41) is 12.3. The number of aromatic nitrogens is 1. The molecule has 0 atom stereocenters. The van der Waals surface area contributed by atoms with Gasteiger partial charge in [0.1, 0.15) is 0 Å². The lowest BCUT2D eigenvalue weighted by molar-refractivity contribution is 0.102. The first-order valence-electron chi connectivity index (χ1n) is 9.85. The number of carbonyl (C=O) groups excluding carboxylic acids is 1. The van der Waals surface area contributed by atoms with Crippen molar-refractivity contribution >= 4 is 42.6 Å². The third kappa shape index (κ3) is 4.39. The number of hydrogen-bond acceptors (Lipinski definition) is 6. The molecule has 0 unspecified atom stereocenters. The van der Waals surface area contributed by atoms with Crippen LogP contribution in [-0.2, 0) is 10.0 Å². The predicted octanol–water partition coefficient (Wildman–Crippen LogP) is 3.33. The molecule has 1 amide bonds. The molecule has 2 aromatic carbocycles. The van der Waals surface area contributed by atoms with Gasteiger partial charge in [0.15, 0.2) is 5.13 Å². The third-order valence-corrected chi connectivity index (χ3v) is 8.21. The fourth-order valence-electron chi connectivity index (χ4n) is 3.66. The highest BCUT2D eigenvalue weighted by Crippen LogP contribution is 2.27. The molecule has 1 aromatic heterocycles. The molecular weight excluding hydrogens is 422 g/mol. The minimum Gasteiger partial charge on any atom is -0.396 e.